The van der Waals surface area contributed by atoms with Crippen LogP contribution in [0.3, 0.4) is 0 Å². The molecule has 1 aromatic carbocycles. The Kier molecular flexibility index (Phi) is 4.54. The molecule has 0 spiro atoms. The molecule has 1 N–H and O–H groups in total. The summed E-state index contributed by atoms with van der Waals surface area (Å²) >= 11 is 5.91. The minimum absolute atomic E-state index is 0.0812. The third-order valence-corrected chi connectivity index (χ3v) is 2.54. The minimum Gasteiger partial charge on any atom is -0.496 e. The first kappa shape index (κ1) is 14.3. The van der Waals surface area contributed by atoms with Crippen LogP contribution in [0.15, 0.2) is 22.6 Å². The second kappa shape index (κ2) is 6.36. The predicted molar refractivity (Wildman–Crippen MR) is 68.6 cm³/mol. The Morgan fingerprint density at radius 2 is 2.25 bits per heavy atom. The number of carboxylic acid groups (broad SMARTS) is 1. The van der Waals surface area contributed by atoms with Gasteiger partial charge in [0.25, 0.3) is 5.89 Å². The molecule has 0 amide bonds. The molecule has 0 aliphatic carbocycles. The second-order valence-corrected chi connectivity index (χ2v) is 4.17. The molecule has 0 unspecified atom stereocenters. The van der Waals surface area contributed by atoms with E-state index < -0.39 is 12.6 Å². The number of hydrogen-bond donors (Lipinski definition) is 1. The zero-order valence-electron chi connectivity index (χ0n) is 10.5. The molecule has 0 bridgehead atoms. The van der Waals surface area contributed by atoms with Gasteiger partial charge in [-0.1, -0.05) is 11.6 Å². The quantitative estimate of drug-likeness (QED) is 0.871. The highest BCUT2D eigenvalue weighted by molar-refractivity contribution is 6.30. The van der Waals surface area contributed by atoms with Gasteiger partial charge in [0.15, 0.2) is 0 Å². The van der Waals surface area contributed by atoms with Gasteiger partial charge in [0.2, 0.25) is 5.89 Å². The molecule has 2 aromatic rings. The molecule has 2 rings (SSSR count). The molecular formula is C12H11ClN2O5. The van der Waals surface area contributed by atoms with Crippen molar-refractivity contribution in [2.45, 2.75) is 6.61 Å². The summed E-state index contributed by atoms with van der Waals surface area (Å²) < 4.78 is 15.4. The summed E-state index contributed by atoms with van der Waals surface area (Å²) in [6.45, 7) is -0.514. The Morgan fingerprint density at radius 1 is 1.45 bits per heavy atom. The Hall–Kier alpha value is -2.12. The van der Waals surface area contributed by atoms with Gasteiger partial charge in [-0.25, -0.2) is 4.79 Å². The average Bonchev–Trinajstić information content (AvgIpc) is 2.87. The van der Waals surface area contributed by atoms with Crippen LogP contribution in [0.5, 0.6) is 5.75 Å². The van der Waals surface area contributed by atoms with Crippen molar-refractivity contribution in [2.24, 2.45) is 0 Å². The zero-order chi connectivity index (χ0) is 14.5. The fraction of sp³-hybridized carbons (Fsp3) is 0.250. The highest BCUT2D eigenvalue weighted by Crippen LogP contribution is 2.31. The molecule has 0 aliphatic rings. The standard InChI is InChI=1S/C12H11ClN2O5/c1-18-9-3-2-7(13)4-8(9)12-15-14-10(20-12)5-19-6-11(16)17/h2-4H,5-6H2,1H3,(H,16,17). The molecular weight excluding hydrogens is 288 g/mol. The summed E-state index contributed by atoms with van der Waals surface area (Å²) in [6.07, 6.45) is 0. The SMILES string of the molecule is COc1ccc(Cl)cc1-c1nnc(COCC(=O)O)o1. The number of carbonyl (C=O) groups is 1. The van der Waals surface area contributed by atoms with Crippen molar-refractivity contribution >= 4 is 17.6 Å². The van der Waals surface area contributed by atoms with Crippen LogP contribution in [-0.2, 0) is 16.1 Å². The number of carboxylic acids is 1. The molecule has 1 aromatic heterocycles. The summed E-state index contributed by atoms with van der Waals surface area (Å²) in [6, 6.07) is 5.00. The van der Waals surface area contributed by atoms with Crippen LogP contribution >= 0.6 is 11.6 Å². The van der Waals surface area contributed by atoms with Crippen molar-refractivity contribution in [2.75, 3.05) is 13.7 Å². The predicted octanol–water partition coefficient (Wildman–Crippen LogP) is 2.00. The smallest absolute Gasteiger partial charge is 0.329 e. The zero-order valence-corrected chi connectivity index (χ0v) is 11.3. The van der Waals surface area contributed by atoms with Crippen molar-refractivity contribution in [1.29, 1.82) is 0 Å². The van der Waals surface area contributed by atoms with E-state index in [0.29, 0.717) is 16.3 Å². The van der Waals surface area contributed by atoms with E-state index >= 15 is 0 Å². The minimum atomic E-state index is -1.07. The van der Waals surface area contributed by atoms with E-state index in [0.717, 1.165) is 0 Å². The van der Waals surface area contributed by atoms with Gasteiger partial charge >= 0.3 is 5.97 Å². The number of halogens is 1. The van der Waals surface area contributed by atoms with Crippen molar-refractivity contribution in [1.82, 2.24) is 10.2 Å². The highest BCUT2D eigenvalue weighted by Gasteiger charge is 2.14. The number of benzene rings is 1. The summed E-state index contributed by atoms with van der Waals surface area (Å²) in [5, 5.41) is 16.6. The third-order valence-electron chi connectivity index (χ3n) is 2.31. The average molecular weight is 299 g/mol. The molecule has 1 heterocycles. The Morgan fingerprint density at radius 3 is 2.95 bits per heavy atom. The summed E-state index contributed by atoms with van der Waals surface area (Å²) in [4.78, 5) is 10.3. The number of nitrogens with zero attached hydrogens (tertiary/aromatic N) is 2. The molecule has 7 nitrogen and oxygen atoms in total. The Labute approximate surface area is 119 Å². The van der Waals surface area contributed by atoms with E-state index in [-0.39, 0.29) is 18.4 Å². The van der Waals surface area contributed by atoms with Crippen LogP contribution in [0, 0.1) is 0 Å². The van der Waals surface area contributed by atoms with Crippen LogP contribution < -0.4 is 4.74 Å². The third kappa shape index (κ3) is 3.46. The second-order valence-electron chi connectivity index (χ2n) is 3.73. The Balaban J connectivity index is 2.16. The van der Waals surface area contributed by atoms with E-state index in [1.54, 1.807) is 18.2 Å². The highest BCUT2D eigenvalue weighted by atomic mass is 35.5. The molecule has 0 atom stereocenters. The lowest BCUT2D eigenvalue weighted by molar-refractivity contribution is -0.142. The lowest BCUT2D eigenvalue weighted by Crippen LogP contribution is -2.06. The number of rotatable bonds is 6. The van der Waals surface area contributed by atoms with Crippen LogP contribution in [0.25, 0.3) is 11.5 Å². The fourth-order valence-corrected chi connectivity index (χ4v) is 1.67. The maximum absolute atomic E-state index is 10.3. The molecule has 20 heavy (non-hydrogen) atoms. The van der Waals surface area contributed by atoms with Gasteiger partial charge in [-0.15, -0.1) is 10.2 Å². The normalized spacial score (nSPS) is 10.5. The molecule has 0 fully saturated rings. The van der Waals surface area contributed by atoms with Crippen molar-refractivity contribution < 1.29 is 23.8 Å². The lowest BCUT2D eigenvalue weighted by Gasteiger charge is -2.04. The maximum Gasteiger partial charge on any atom is 0.329 e. The molecule has 106 valence electrons. The molecule has 0 saturated heterocycles. The van der Waals surface area contributed by atoms with Gasteiger partial charge in [0.05, 0.1) is 12.7 Å². The topological polar surface area (TPSA) is 94.7 Å². The lowest BCUT2D eigenvalue weighted by atomic mass is 10.2. The summed E-state index contributed by atoms with van der Waals surface area (Å²) in [5.41, 5.74) is 0.553. The van der Waals surface area contributed by atoms with Gasteiger partial charge in [0.1, 0.15) is 19.0 Å². The first-order valence-electron chi connectivity index (χ1n) is 5.56. The van der Waals surface area contributed by atoms with Gasteiger partial charge in [-0.05, 0) is 18.2 Å². The first-order valence-corrected chi connectivity index (χ1v) is 5.94. The largest absolute Gasteiger partial charge is 0.496 e. The van der Waals surface area contributed by atoms with Crippen molar-refractivity contribution in [3.8, 4) is 17.2 Å². The van der Waals surface area contributed by atoms with E-state index in [1.807, 2.05) is 0 Å². The van der Waals surface area contributed by atoms with Crippen LogP contribution in [0.1, 0.15) is 5.89 Å². The van der Waals surface area contributed by atoms with Gasteiger partial charge < -0.3 is 19.0 Å². The van der Waals surface area contributed by atoms with Crippen molar-refractivity contribution in [3.05, 3.63) is 29.1 Å². The van der Waals surface area contributed by atoms with E-state index in [4.69, 9.17) is 30.6 Å². The Bertz CT molecular complexity index is 614. The molecule has 0 radical (unpaired) electrons. The van der Waals surface area contributed by atoms with Gasteiger partial charge in [-0.2, -0.15) is 0 Å². The monoisotopic (exact) mass is 298 g/mol. The van der Waals surface area contributed by atoms with Crippen molar-refractivity contribution in [3.63, 3.8) is 0 Å². The molecule has 8 heteroatoms. The maximum atomic E-state index is 10.3. The molecule has 0 saturated carbocycles. The number of aliphatic carboxylic acids is 1. The number of ether oxygens (including phenoxy) is 2. The summed E-state index contributed by atoms with van der Waals surface area (Å²) in [5.74, 6) is -0.140. The fourth-order valence-electron chi connectivity index (χ4n) is 1.49. The van der Waals surface area contributed by atoms with Gasteiger partial charge in [-0.3, -0.25) is 0 Å². The van der Waals surface area contributed by atoms with Gasteiger partial charge in [0, 0.05) is 5.02 Å². The van der Waals surface area contributed by atoms with Crippen LogP contribution in [0.4, 0.5) is 0 Å². The number of aromatic nitrogens is 2. The van der Waals surface area contributed by atoms with E-state index in [2.05, 4.69) is 10.2 Å². The first-order chi connectivity index (χ1) is 9.60. The van der Waals surface area contributed by atoms with E-state index in [1.165, 1.54) is 7.11 Å². The molecule has 0 aliphatic heterocycles. The van der Waals surface area contributed by atoms with Crippen LogP contribution in [0.2, 0.25) is 5.02 Å². The van der Waals surface area contributed by atoms with E-state index in [9.17, 15) is 4.79 Å². The van der Waals surface area contributed by atoms with Crippen LogP contribution in [-0.4, -0.2) is 35.0 Å². The number of hydrogen-bond acceptors (Lipinski definition) is 6. The number of methoxy groups -OCH3 is 1. The summed E-state index contributed by atoms with van der Waals surface area (Å²) in [7, 11) is 1.51.